The zero-order chi connectivity index (χ0) is 16.9. The minimum atomic E-state index is -0.517. The summed E-state index contributed by atoms with van der Waals surface area (Å²) < 4.78 is 13.8. The van der Waals surface area contributed by atoms with Gasteiger partial charge in [0.2, 0.25) is 0 Å². The Balaban J connectivity index is 1.87. The highest BCUT2D eigenvalue weighted by Gasteiger charge is 2.19. The molecule has 1 aliphatic heterocycles. The van der Waals surface area contributed by atoms with E-state index in [1.807, 2.05) is 6.07 Å². The van der Waals surface area contributed by atoms with Gasteiger partial charge in [0.05, 0.1) is 31.6 Å². The van der Waals surface area contributed by atoms with Crippen molar-refractivity contribution in [2.24, 2.45) is 0 Å². The molecule has 24 heavy (non-hydrogen) atoms. The van der Waals surface area contributed by atoms with Crippen molar-refractivity contribution in [1.82, 2.24) is 9.59 Å². The molecule has 1 aromatic carbocycles. The van der Waals surface area contributed by atoms with Gasteiger partial charge in [-0.1, -0.05) is 4.49 Å². The first-order chi connectivity index (χ1) is 11.7. The normalized spacial score (nSPS) is 14.3. The van der Waals surface area contributed by atoms with Crippen molar-refractivity contribution in [2.75, 3.05) is 43.6 Å². The average Bonchev–Trinajstić information content (AvgIpc) is 3.17. The van der Waals surface area contributed by atoms with E-state index in [1.54, 1.807) is 12.1 Å². The molecule has 8 nitrogen and oxygen atoms in total. The zero-order valence-electron chi connectivity index (χ0n) is 13.0. The van der Waals surface area contributed by atoms with E-state index in [1.165, 1.54) is 12.5 Å². The number of carbonyl (C=O) groups is 2. The maximum absolute atomic E-state index is 12.1. The summed E-state index contributed by atoms with van der Waals surface area (Å²) in [6.45, 7) is 2.78. The van der Waals surface area contributed by atoms with Crippen LogP contribution >= 0.6 is 11.5 Å². The van der Waals surface area contributed by atoms with E-state index in [4.69, 9.17) is 9.47 Å². The monoisotopic (exact) mass is 348 g/mol. The number of nitrogens with zero attached hydrogens (tertiary/aromatic N) is 3. The van der Waals surface area contributed by atoms with Crippen LogP contribution in [0.2, 0.25) is 0 Å². The number of rotatable bonds is 4. The number of methoxy groups -OCH3 is 1. The number of hydrogen-bond acceptors (Lipinski definition) is 8. The van der Waals surface area contributed by atoms with Gasteiger partial charge < -0.3 is 19.7 Å². The largest absolute Gasteiger partial charge is 0.465 e. The second-order valence-electron chi connectivity index (χ2n) is 5.07. The number of esters is 1. The Morgan fingerprint density at radius 2 is 2.12 bits per heavy atom. The molecule has 2 aromatic rings. The Morgan fingerprint density at radius 3 is 2.79 bits per heavy atom. The van der Waals surface area contributed by atoms with E-state index in [9.17, 15) is 9.59 Å². The standard InChI is InChI=1S/C15H16N4O4S/c1-22-15(21)11-8-10(19-4-6-23-7-5-19)2-3-12(11)16-14(20)13-9-24-18-17-13/h2-3,8-9H,4-7H2,1H3,(H,16,20). The number of anilines is 2. The van der Waals surface area contributed by atoms with Gasteiger partial charge in [-0.05, 0) is 29.7 Å². The molecule has 0 aliphatic carbocycles. The molecule has 1 amide bonds. The Labute approximate surface area is 142 Å². The third kappa shape index (κ3) is 3.52. The molecule has 1 N–H and O–H groups in total. The van der Waals surface area contributed by atoms with Crippen LogP contribution in [0.3, 0.4) is 0 Å². The smallest absolute Gasteiger partial charge is 0.340 e. The van der Waals surface area contributed by atoms with Crippen molar-refractivity contribution in [2.45, 2.75) is 0 Å². The number of benzene rings is 1. The SMILES string of the molecule is COC(=O)c1cc(N2CCOCC2)ccc1NC(=O)c1csnn1. The van der Waals surface area contributed by atoms with Crippen LogP contribution in [0, 0.1) is 0 Å². The number of carbonyl (C=O) groups excluding carboxylic acids is 2. The van der Waals surface area contributed by atoms with E-state index < -0.39 is 11.9 Å². The summed E-state index contributed by atoms with van der Waals surface area (Å²) in [5.74, 6) is -0.940. The summed E-state index contributed by atoms with van der Waals surface area (Å²) in [5.41, 5.74) is 1.75. The van der Waals surface area contributed by atoms with Crippen molar-refractivity contribution >= 4 is 34.8 Å². The van der Waals surface area contributed by atoms with Crippen LogP contribution in [0.15, 0.2) is 23.6 Å². The summed E-state index contributed by atoms with van der Waals surface area (Å²) in [6.07, 6.45) is 0. The van der Waals surface area contributed by atoms with Crippen LogP contribution in [-0.4, -0.2) is 54.9 Å². The fraction of sp³-hybridized carbons (Fsp3) is 0.333. The van der Waals surface area contributed by atoms with Crippen LogP contribution in [0.25, 0.3) is 0 Å². The minimum absolute atomic E-state index is 0.202. The molecule has 1 aromatic heterocycles. The highest BCUT2D eigenvalue weighted by atomic mass is 32.1. The van der Waals surface area contributed by atoms with Crippen LogP contribution in [0.1, 0.15) is 20.8 Å². The van der Waals surface area contributed by atoms with Gasteiger partial charge >= 0.3 is 5.97 Å². The fourth-order valence-electron chi connectivity index (χ4n) is 2.39. The second-order valence-corrected chi connectivity index (χ2v) is 5.67. The van der Waals surface area contributed by atoms with Crippen LogP contribution < -0.4 is 10.2 Å². The molecule has 0 unspecified atom stereocenters. The topological polar surface area (TPSA) is 93.7 Å². The summed E-state index contributed by atoms with van der Waals surface area (Å²) >= 11 is 1.08. The molecule has 0 radical (unpaired) electrons. The number of aromatic nitrogens is 2. The third-order valence-electron chi connectivity index (χ3n) is 3.63. The average molecular weight is 348 g/mol. The van der Waals surface area contributed by atoms with Gasteiger partial charge in [-0.2, -0.15) is 0 Å². The summed E-state index contributed by atoms with van der Waals surface area (Å²) in [4.78, 5) is 26.4. The Morgan fingerprint density at radius 1 is 1.33 bits per heavy atom. The molecule has 2 heterocycles. The molecule has 3 rings (SSSR count). The number of amides is 1. The Kier molecular flexibility index (Phi) is 5.02. The number of ether oxygens (including phenoxy) is 2. The fourth-order valence-corrected chi connectivity index (χ4v) is 2.82. The first-order valence-corrected chi connectivity index (χ1v) is 8.16. The highest BCUT2D eigenvalue weighted by Crippen LogP contribution is 2.25. The van der Waals surface area contributed by atoms with Gasteiger partial charge in [-0.25, -0.2) is 4.79 Å². The summed E-state index contributed by atoms with van der Waals surface area (Å²) in [6, 6.07) is 5.26. The first kappa shape index (κ1) is 16.3. The van der Waals surface area contributed by atoms with Crippen molar-refractivity contribution < 1.29 is 19.1 Å². The van der Waals surface area contributed by atoms with Crippen LogP contribution in [-0.2, 0) is 9.47 Å². The zero-order valence-corrected chi connectivity index (χ0v) is 13.8. The van der Waals surface area contributed by atoms with Crippen LogP contribution in [0.4, 0.5) is 11.4 Å². The molecule has 1 fully saturated rings. The molecule has 1 saturated heterocycles. The molecule has 0 atom stereocenters. The Hall–Kier alpha value is -2.52. The quantitative estimate of drug-likeness (QED) is 0.835. The maximum atomic E-state index is 12.1. The summed E-state index contributed by atoms with van der Waals surface area (Å²) in [5, 5.41) is 7.93. The van der Waals surface area contributed by atoms with Gasteiger partial charge in [-0.3, -0.25) is 4.79 Å². The lowest BCUT2D eigenvalue weighted by Crippen LogP contribution is -2.36. The molecule has 0 spiro atoms. The molecular formula is C15H16N4O4S. The molecule has 0 bridgehead atoms. The van der Waals surface area contributed by atoms with E-state index in [0.29, 0.717) is 18.9 Å². The lowest BCUT2D eigenvalue weighted by Gasteiger charge is -2.29. The Bertz CT molecular complexity index is 729. The first-order valence-electron chi connectivity index (χ1n) is 7.32. The number of morpholine rings is 1. The van der Waals surface area contributed by atoms with Crippen molar-refractivity contribution in [3.05, 3.63) is 34.8 Å². The molecular weight excluding hydrogens is 332 g/mol. The van der Waals surface area contributed by atoms with Gasteiger partial charge in [0, 0.05) is 24.2 Å². The van der Waals surface area contributed by atoms with Gasteiger partial charge in [0.25, 0.3) is 5.91 Å². The maximum Gasteiger partial charge on any atom is 0.340 e. The lowest BCUT2D eigenvalue weighted by atomic mass is 10.1. The van der Waals surface area contributed by atoms with Gasteiger partial charge in [0.1, 0.15) is 0 Å². The lowest BCUT2D eigenvalue weighted by molar-refractivity contribution is 0.0602. The van der Waals surface area contributed by atoms with E-state index >= 15 is 0 Å². The second kappa shape index (κ2) is 7.37. The predicted molar refractivity (Wildman–Crippen MR) is 88.7 cm³/mol. The van der Waals surface area contributed by atoms with E-state index in [-0.39, 0.29) is 11.3 Å². The molecule has 9 heteroatoms. The molecule has 0 saturated carbocycles. The van der Waals surface area contributed by atoms with Crippen molar-refractivity contribution in [3.63, 3.8) is 0 Å². The van der Waals surface area contributed by atoms with Gasteiger partial charge in [0.15, 0.2) is 5.69 Å². The molecule has 1 aliphatic rings. The van der Waals surface area contributed by atoms with Crippen molar-refractivity contribution in [1.29, 1.82) is 0 Å². The van der Waals surface area contributed by atoms with Crippen molar-refractivity contribution in [3.8, 4) is 0 Å². The summed E-state index contributed by atoms with van der Waals surface area (Å²) in [7, 11) is 1.31. The third-order valence-corrected chi connectivity index (χ3v) is 4.13. The van der Waals surface area contributed by atoms with Crippen LogP contribution in [0.5, 0.6) is 0 Å². The van der Waals surface area contributed by atoms with E-state index in [0.717, 1.165) is 30.3 Å². The number of nitrogens with one attached hydrogen (secondary N) is 1. The van der Waals surface area contributed by atoms with Gasteiger partial charge in [-0.15, -0.1) is 5.10 Å². The predicted octanol–water partition coefficient (Wildman–Crippen LogP) is 1.41. The van der Waals surface area contributed by atoms with E-state index in [2.05, 4.69) is 19.8 Å². The highest BCUT2D eigenvalue weighted by molar-refractivity contribution is 7.03. The minimum Gasteiger partial charge on any atom is -0.465 e. The number of hydrogen-bond donors (Lipinski definition) is 1. The molecule has 126 valence electrons.